The number of nitrogens with one attached hydrogen (secondary N) is 1. The molecule has 1 heterocycles. The molecule has 1 aliphatic rings. The van der Waals surface area contributed by atoms with Gasteiger partial charge in [0, 0.05) is 27.7 Å². The molecule has 1 fully saturated rings. The highest BCUT2D eigenvalue weighted by Crippen LogP contribution is 2.30. The third-order valence-electron chi connectivity index (χ3n) is 5.15. The number of nitrogens with zero attached hydrogens (tertiary/aromatic N) is 1. The highest BCUT2D eigenvalue weighted by atomic mass is 28.3. The predicted octanol–water partition coefficient (Wildman–Crippen LogP) is 3.55. The Bertz CT molecular complexity index is 737. The van der Waals surface area contributed by atoms with E-state index in [0.717, 1.165) is 11.6 Å². The van der Waals surface area contributed by atoms with Crippen molar-refractivity contribution in [3.63, 3.8) is 0 Å². The average molecular weight is 437 g/mol. The van der Waals surface area contributed by atoms with Gasteiger partial charge in [0.05, 0.1) is 6.61 Å². The van der Waals surface area contributed by atoms with Crippen molar-refractivity contribution < 1.29 is 29.0 Å². The lowest BCUT2D eigenvalue weighted by molar-refractivity contribution is -0.151. The Labute approximate surface area is 178 Å². The van der Waals surface area contributed by atoms with Crippen LogP contribution in [0.1, 0.15) is 18.4 Å². The molecule has 30 heavy (non-hydrogen) atoms. The molecular formula is C21H32N2O6Si. The molecule has 1 unspecified atom stereocenters. The highest BCUT2D eigenvalue weighted by Gasteiger charge is 2.44. The van der Waals surface area contributed by atoms with E-state index in [9.17, 15) is 19.5 Å². The van der Waals surface area contributed by atoms with Crippen molar-refractivity contribution >= 4 is 26.2 Å². The zero-order valence-electron chi connectivity index (χ0n) is 18.0. The van der Waals surface area contributed by atoms with E-state index in [4.69, 9.17) is 9.47 Å². The predicted molar refractivity (Wildman–Crippen MR) is 115 cm³/mol. The van der Waals surface area contributed by atoms with Crippen LogP contribution in [0.2, 0.25) is 25.7 Å². The number of carbonyl (C=O) groups is 3. The molecule has 2 rings (SSSR count). The van der Waals surface area contributed by atoms with Crippen LogP contribution in [-0.4, -0.2) is 62.5 Å². The summed E-state index contributed by atoms with van der Waals surface area (Å²) in [6, 6.07) is 10.1. The number of rotatable bonds is 8. The number of benzene rings is 1. The molecule has 166 valence electrons. The van der Waals surface area contributed by atoms with Crippen LogP contribution in [0.3, 0.4) is 0 Å². The molecule has 0 saturated carbocycles. The molecule has 1 aromatic carbocycles. The number of alkyl carbamates (subject to hydrolysis) is 1. The van der Waals surface area contributed by atoms with E-state index in [-0.39, 0.29) is 19.7 Å². The van der Waals surface area contributed by atoms with Gasteiger partial charge < -0.3 is 24.8 Å². The van der Waals surface area contributed by atoms with Crippen LogP contribution in [0, 0.1) is 5.41 Å². The fourth-order valence-corrected chi connectivity index (χ4v) is 3.95. The number of likely N-dealkylation sites (tertiary alicyclic amines) is 1. The van der Waals surface area contributed by atoms with Gasteiger partial charge in [0.2, 0.25) is 0 Å². The SMILES string of the molecule is C[Si](C)(C)CCOC(=O)N1CCCC(CNC(=O)OCc2ccccc2)(C(=O)O)C1. The summed E-state index contributed by atoms with van der Waals surface area (Å²) >= 11 is 0. The zero-order chi connectivity index (χ0) is 22.2. The van der Waals surface area contributed by atoms with Gasteiger partial charge in [-0.05, 0) is 24.4 Å². The number of carboxylic acid groups (broad SMARTS) is 1. The Kier molecular flexibility index (Phi) is 8.28. The molecule has 9 heteroatoms. The van der Waals surface area contributed by atoms with Gasteiger partial charge in [-0.15, -0.1) is 0 Å². The molecule has 8 nitrogen and oxygen atoms in total. The summed E-state index contributed by atoms with van der Waals surface area (Å²) in [5, 5.41) is 12.4. The number of ether oxygens (including phenoxy) is 2. The summed E-state index contributed by atoms with van der Waals surface area (Å²) in [7, 11) is -1.33. The first-order valence-electron chi connectivity index (χ1n) is 10.2. The standard InChI is InChI=1S/C21H32N2O6Si/c1-30(2,3)13-12-28-20(27)23-11-7-10-21(16-23,18(24)25)15-22-19(26)29-14-17-8-5-4-6-9-17/h4-6,8-9H,7,10-16H2,1-3H3,(H,22,26)(H,24,25). The van der Waals surface area contributed by atoms with Crippen LogP contribution in [0.15, 0.2) is 30.3 Å². The molecule has 1 aromatic rings. The molecule has 0 aromatic heterocycles. The number of aliphatic carboxylic acids is 1. The quantitative estimate of drug-likeness (QED) is 0.604. The van der Waals surface area contributed by atoms with Crippen molar-refractivity contribution in [2.45, 2.75) is 45.1 Å². The van der Waals surface area contributed by atoms with Crippen LogP contribution in [0.25, 0.3) is 0 Å². The Balaban J connectivity index is 1.88. The summed E-state index contributed by atoms with van der Waals surface area (Å²) in [5.41, 5.74) is -0.424. The summed E-state index contributed by atoms with van der Waals surface area (Å²) in [5.74, 6) is -1.05. The maximum absolute atomic E-state index is 12.4. The fourth-order valence-electron chi connectivity index (χ4n) is 3.23. The van der Waals surface area contributed by atoms with Crippen molar-refractivity contribution in [1.82, 2.24) is 10.2 Å². The summed E-state index contributed by atoms with van der Waals surface area (Å²) in [4.78, 5) is 37.9. The minimum absolute atomic E-state index is 0.00687. The Morgan fingerprint density at radius 3 is 2.50 bits per heavy atom. The van der Waals surface area contributed by atoms with E-state index < -0.39 is 31.6 Å². The lowest BCUT2D eigenvalue weighted by Gasteiger charge is -2.39. The molecule has 0 radical (unpaired) electrons. The lowest BCUT2D eigenvalue weighted by Crippen LogP contribution is -2.55. The van der Waals surface area contributed by atoms with Gasteiger partial charge in [0.1, 0.15) is 12.0 Å². The molecular weight excluding hydrogens is 404 g/mol. The van der Waals surface area contributed by atoms with Crippen LogP contribution < -0.4 is 5.32 Å². The van der Waals surface area contributed by atoms with Crippen molar-refractivity contribution in [3.8, 4) is 0 Å². The number of amides is 2. The van der Waals surface area contributed by atoms with Gasteiger partial charge in [-0.25, -0.2) is 9.59 Å². The number of carbonyl (C=O) groups excluding carboxylic acids is 2. The van der Waals surface area contributed by atoms with Crippen molar-refractivity contribution in [1.29, 1.82) is 0 Å². The molecule has 2 amide bonds. The van der Waals surface area contributed by atoms with Crippen LogP contribution in [0.4, 0.5) is 9.59 Å². The Morgan fingerprint density at radius 1 is 1.17 bits per heavy atom. The van der Waals surface area contributed by atoms with Gasteiger partial charge in [0.15, 0.2) is 0 Å². The summed E-state index contributed by atoms with van der Waals surface area (Å²) < 4.78 is 10.5. The van der Waals surface area contributed by atoms with Gasteiger partial charge >= 0.3 is 18.2 Å². The molecule has 1 aliphatic heterocycles. The monoisotopic (exact) mass is 436 g/mol. The molecule has 0 spiro atoms. The Morgan fingerprint density at radius 2 is 1.87 bits per heavy atom. The number of carboxylic acids is 1. The maximum Gasteiger partial charge on any atom is 0.409 e. The van der Waals surface area contributed by atoms with Gasteiger partial charge in [-0.2, -0.15) is 0 Å². The van der Waals surface area contributed by atoms with E-state index in [1.165, 1.54) is 4.90 Å². The molecule has 1 atom stereocenters. The van der Waals surface area contributed by atoms with Gasteiger partial charge in [-0.3, -0.25) is 4.79 Å². The van der Waals surface area contributed by atoms with Crippen molar-refractivity contribution in [3.05, 3.63) is 35.9 Å². The largest absolute Gasteiger partial charge is 0.481 e. The second kappa shape index (κ2) is 10.5. The van der Waals surface area contributed by atoms with Crippen molar-refractivity contribution in [2.75, 3.05) is 26.2 Å². The van der Waals surface area contributed by atoms with Gasteiger partial charge in [0.25, 0.3) is 0 Å². The Hall–Kier alpha value is -2.55. The van der Waals surface area contributed by atoms with E-state index in [0.29, 0.717) is 26.0 Å². The van der Waals surface area contributed by atoms with Crippen LogP contribution in [0.5, 0.6) is 0 Å². The normalized spacial score (nSPS) is 19.1. The molecule has 1 saturated heterocycles. The summed E-state index contributed by atoms with van der Waals surface area (Å²) in [6.07, 6.45) is -0.296. The van der Waals surface area contributed by atoms with Gasteiger partial charge in [-0.1, -0.05) is 50.0 Å². The van der Waals surface area contributed by atoms with Crippen molar-refractivity contribution in [2.24, 2.45) is 5.41 Å². The smallest absolute Gasteiger partial charge is 0.409 e. The minimum atomic E-state index is -1.33. The highest BCUT2D eigenvalue weighted by molar-refractivity contribution is 6.76. The number of hydrogen-bond acceptors (Lipinski definition) is 5. The number of hydrogen-bond donors (Lipinski definition) is 2. The minimum Gasteiger partial charge on any atom is -0.481 e. The second-order valence-corrected chi connectivity index (χ2v) is 14.6. The van der Waals surface area contributed by atoms with E-state index in [1.54, 1.807) is 0 Å². The third kappa shape index (κ3) is 7.36. The average Bonchev–Trinajstić information content (AvgIpc) is 2.70. The lowest BCUT2D eigenvalue weighted by atomic mass is 9.80. The maximum atomic E-state index is 12.4. The van der Waals surface area contributed by atoms with E-state index >= 15 is 0 Å². The first-order valence-corrected chi connectivity index (χ1v) is 13.9. The first-order chi connectivity index (χ1) is 14.1. The summed E-state index contributed by atoms with van der Waals surface area (Å²) in [6.45, 7) is 7.34. The topological polar surface area (TPSA) is 105 Å². The molecule has 0 bridgehead atoms. The van der Waals surface area contributed by atoms with Crippen LogP contribution in [-0.2, 0) is 20.9 Å². The van der Waals surface area contributed by atoms with E-state index in [1.807, 2.05) is 30.3 Å². The third-order valence-corrected chi connectivity index (χ3v) is 6.85. The van der Waals surface area contributed by atoms with Crippen LogP contribution >= 0.6 is 0 Å². The number of piperidine rings is 1. The second-order valence-electron chi connectivity index (χ2n) is 8.95. The zero-order valence-corrected chi connectivity index (χ0v) is 19.0. The fraction of sp³-hybridized carbons (Fsp3) is 0.571. The van der Waals surface area contributed by atoms with E-state index in [2.05, 4.69) is 25.0 Å². The first kappa shape index (κ1) is 23.7. The molecule has 2 N–H and O–H groups in total. The molecule has 0 aliphatic carbocycles.